The van der Waals surface area contributed by atoms with E-state index in [0.717, 1.165) is 66.4 Å². The van der Waals surface area contributed by atoms with Crippen LogP contribution in [0.1, 0.15) is 107 Å². The maximum absolute atomic E-state index is 14.5. The van der Waals surface area contributed by atoms with Gasteiger partial charge in [-0.3, -0.25) is 15.5 Å². The Morgan fingerprint density at radius 2 is 1.84 bits per heavy atom. The molecule has 2 saturated carbocycles. The molecular formula is C37H58N6O6S. The average molecular weight is 715 g/mol. The SMILES string of the molecule is COCN1C2NC(CC(c3c(C)cccc3C)N2)OC[C@@H](CC(C)C)N(Cc2ncc(OC3CCCC3)c[n+]2[O-])CC2CCCC(C2)S1(=O)=O. The molecule has 2 aromatic rings. The number of ether oxygens (including phenoxy) is 3. The van der Waals surface area contributed by atoms with Crippen LogP contribution in [0.3, 0.4) is 0 Å². The molecule has 278 valence electrons. The fourth-order valence-corrected chi connectivity index (χ4v) is 10.7. The van der Waals surface area contributed by atoms with Crippen LogP contribution in [0.25, 0.3) is 0 Å². The third-order valence-corrected chi connectivity index (χ3v) is 13.3. The fraction of sp³-hybridized carbons (Fsp3) is 0.730. The van der Waals surface area contributed by atoms with Gasteiger partial charge in [0.1, 0.15) is 32.0 Å². The zero-order valence-electron chi connectivity index (χ0n) is 30.6. The Bertz CT molecular complexity index is 1520. The molecule has 0 amide bonds. The molecule has 2 N–H and O–H groups in total. The molecule has 4 fully saturated rings. The first kappa shape index (κ1) is 37.4. The summed E-state index contributed by atoms with van der Waals surface area (Å²) in [6.07, 6.45) is 10.9. The van der Waals surface area contributed by atoms with Crippen molar-refractivity contribution in [1.29, 1.82) is 0 Å². The van der Waals surface area contributed by atoms with Crippen LogP contribution in [0.2, 0.25) is 0 Å². The first-order valence-corrected chi connectivity index (χ1v) is 20.2. The number of hydrogen-bond acceptors (Lipinski definition) is 10. The molecule has 2 aliphatic carbocycles. The predicted molar refractivity (Wildman–Crippen MR) is 191 cm³/mol. The highest BCUT2D eigenvalue weighted by Crippen LogP contribution is 2.35. The summed E-state index contributed by atoms with van der Waals surface area (Å²) in [5.41, 5.74) is 3.47. The highest BCUT2D eigenvalue weighted by atomic mass is 32.2. The number of aryl methyl sites for hydroxylation is 2. The smallest absolute Gasteiger partial charge is 0.315 e. The summed E-state index contributed by atoms with van der Waals surface area (Å²) in [7, 11) is -2.24. The van der Waals surface area contributed by atoms with Crippen molar-refractivity contribution in [2.45, 2.75) is 134 Å². The molecule has 5 unspecified atom stereocenters. The summed E-state index contributed by atoms with van der Waals surface area (Å²) >= 11 is 0. The summed E-state index contributed by atoms with van der Waals surface area (Å²) in [5, 5.41) is 20.0. The molecule has 2 aliphatic heterocycles. The minimum Gasteiger partial charge on any atom is -0.711 e. The maximum atomic E-state index is 14.5. The van der Waals surface area contributed by atoms with Crippen LogP contribution in [0, 0.1) is 30.9 Å². The van der Waals surface area contributed by atoms with Gasteiger partial charge in [-0.15, -0.1) is 4.31 Å². The van der Waals surface area contributed by atoms with Gasteiger partial charge in [-0.1, -0.05) is 38.5 Å². The third kappa shape index (κ3) is 8.79. The topological polar surface area (TPSA) is 132 Å². The van der Waals surface area contributed by atoms with E-state index in [9.17, 15) is 13.6 Å². The van der Waals surface area contributed by atoms with Gasteiger partial charge in [-0.05, 0) is 98.7 Å². The van der Waals surface area contributed by atoms with E-state index in [1.165, 1.54) is 17.6 Å². The normalized spacial score (nSPS) is 30.0. The number of aromatic nitrogens is 2. The van der Waals surface area contributed by atoms with Crippen LogP contribution < -0.4 is 20.1 Å². The average Bonchev–Trinajstić information content (AvgIpc) is 3.59. The molecule has 2 saturated heterocycles. The van der Waals surface area contributed by atoms with E-state index in [2.05, 4.69) is 66.4 Å². The lowest BCUT2D eigenvalue weighted by molar-refractivity contribution is -0.619. The quantitative estimate of drug-likeness (QED) is 0.280. The zero-order valence-corrected chi connectivity index (χ0v) is 31.4. The minimum atomic E-state index is -3.78. The summed E-state index contributed by atoms with van der Waals surface area (Å²) < 4.78 is 49.8. The number of hydrogen-bond donors (Lipinski definition) is 2. The molecule has 50 heavy (non-hydrogen) atoms. The highest BCUT2D eigenvalue weighted by molar-refractivity contribution is 7.89. The van der Waals surface area contributed by atoms with Crippen molar-refractivity contribution in [3.8, 4) is 5.75 Å². The standard InChI is InChI=1S/C37H58N6O6S/c1-25(2)16-29-23-48-35-18-33(36-26(3)10-8-11-27(36)4)39-37(40-35)43(24-47-5)50(45,46)32-15-9-12-28(17-32)20-41(29)22-34-38-19-31(21-42(34)44)49-30-13-6-7-14-30/h8,10-11,19,21,25,28-30,32-33,35,37,39-40H,6-7,9,12-18,20,22-24H2,1-5H3/t28?,29-,32?,33?,35?,37?/m1/s1. The Labute approximate surface area is 298 Å². The fourth-order valence-electron chi connectivity index (χ4n) is 8.66. The summed E-state index contributed by atoms with van der Waals surface area (Å²) in [4.78, 5) is 6.96. The Balaban J connectivity index is 1.33. The molecule has 1 aromatic heterocycles. The molecule has 6 atom stereocenters. The van der Waals surface area contributed by atoms with E-state index in [1.54, 1.807) is 6.20 Å². The lowest BCUT2D eigenvalue weighted by atomic mass is 9.87. The minimum absolute atomic E-state index is 0.00665. The summed E-state index contributed by atoms with van der Waals surface area (Å²) in [6.45, 7) is 9.98. The van der Waals surface area contributed by atoms with Crippen molar-refractivity contribution in [3.05, 3.63) is 58.3 Å². The van der Waals surface area contributed by atoms with Crippen molar-refractivity contribution in [1.82, 2.24) is 24.8 Å². The second-order valence-electron chi connectivity index (χ2n) is 15.4. The largest absolute Gasteiger partial charge is 0.711 e. The van der Waals surface area contributed by atoms with Crippen LogP contribution >= 0.6 is 0 Å². The van der Waals surface area contributed by atoms with Gasteiger partial charge in [0.2, 0.25) is 15.8 Å². The van der Waals surface area contributed by atoms with Crippen molar-refractivity contribution in [3.63, 3.8) is 0 Å². The number of sulfonamides is 1. The third-order valence-electron chi connectivity index (χ3n) is 11.1. The van der Waals surface area contributed by atoms with E-state index in [1.807, 2.05) is 0 Å². The number of methoxy groups -OCH3 is 1. The predicted octanol–water partition coefficient (Wildman–Crippen LogP) is 4.63. The maximum Gasteiger partial charge on any atom is 0.315 e. The van der Waals surface area contributed by atoms with Gasteiger partial charge in [0.05, 0.1) is 18.0 Å². The Morgan fingerprint density at radius 3 is 2.54 bits per heavy atom. The molecule has 4 aliphatic rings. The van der Waals surface area contributed by atoms with E-state index in [4.69, 9.17) is 14.2 Å². The van der Waals surface area contributed by atoms with Crippen molar-refractivity contribution in [2.75, 3.05) is 27.0 Å². The number of nitrogens with one attached hydrogen (secondary N) is 2. The monoisotopic (exact) mass is 714 g/mol. The van der Waals surface area contributed by atoms with Crippen molar-refractivity contribution >= 4 is 10.0 Å². The van der Waals surface area contributed by atoms with E-state index in [-0.39, 0.29) is 30.8 Å². The van der Waals surface area contributed by atoms with Gasteiger partial charge in [0, 0.05) is 32.2 Å². The summed E-state index contributed by atoms with van der Waals surface area (Å²) in [5.74, 6) is 1.43. The lowest BCUT2D eigenvalue weighted by Crippen LogP contribution is -2.65. The van der Waals surface area contributed by atoms with Gasteiger partial charge < -0.3 is 19.4 Å². The van der Waals surface area contributed by atoms with Gasteiger partial charge in [-0.25, -0.2) is 13.1 Å². The van der Waals surface area contributed by atoms with Crippen LogP contribution in [-0.2, 0) is 26.0 Å². The van der Waals surface area contributed by atoms with Gasteiger partial charge in [0.15, 0.2) is 6.20 Å². The molecule has 12 nitrogen and oxygen atoms in total. The van der Waals surface area contributed by atoms with E-state index < -0.39 is 27.8 Å². The van der Waals surface area contributed by atoms with E-state index in [0.29, 0.717) is 56.5 Å². The Hall–Kier alpha value is -2.39. The second kappa shape index (κ2) is 16.5. The second-order valence-corrected chi connectivity index (χ2v) is 17.6. The molecule has 1 aromatic carbocycles. The van der Waals surface area contributed by atoms with Crippen LogP contribution in [0.5, 0.6) is 5.75 Å². The first-order valence-electron chi connectivity index (χ1n) is 18.7. The number of nitrogens with zero attached hydrogens (tertiary/aromatic N) is 4. The molecule has 13 heteroatoms. The molecule has 3 heterocycles. The lowest BCUT2D eigenvalue weighted by Gasteiger charge is -2.43. The van der Waals surface area contributed by atoms with Crippen molar-refractivity contribution < 1.29 is 27.4 Å². The molecule has 4 bridgehead atoms. The number of benzene rings is 1. The zero-order chi connectivity index (χ0) is 35.4. The molecule has 6 rings (SSSR count). The Kier molecular flexibility index (Phi) is 12.3. The van der Waals surface area contributed by atoms with Crippen LogP contribution in [-0.4, -0.2) is 79.5 Å². The molecule has 0 radical (unpaired) electrons. The molecule has 0 spiro atoms. The first-order chi connectivity index (χ1) is 24.0. The van der Waals surface area contributed by atoms with Crippen LogP contribution in [0.4, 0.5) is 0 Å². The highest BCUT2D eigenvalue weighted by Gasteiger charge is 2.44. The van der Waals surface area contributed by atoms with Gasteiger partial charge >= 0.3 is 5.82 Å². The van der Waals surface area contributed by atoms with Gasteiger partial charge in [0.25, 0.3) is 0 Å². The van der Waals surface area contributed by atoms with Crippen molar-refractivity contribution in [2.24, 2.45) is 11.8 Å². The van der Waals surface area contributed by atoms with E-state index >= 15 is 0 Å². The number of fused-ring (bicyclic) bond motifs is 4. The van der Waals surface area contributed by atoms with Gasteiger partial charge in [-0.2, -0.15) is 0 Å². The number of rotatable bonds is 9. The summed E-state index contributed by atoms with van der Waals surface area (Å²) in [6, 6.07) is 6.11. The Morgan fingerprint density at radius 1 is 1.08 bits per heavy atom. The molecular weight excluding hydrogens is 657 g/mol. The van der Waals surface area contributed by atoms with Crippen LogP contribution in [0.15, 0.2) is 30.6 Å².